The third-order valence-electron chi connectivity index (χ3n) is 9.82. The van der Waals surface area contributed by atoms with E-state index in [1.54, 1.807) is 12.2 Å². The molecule has 4 aliphatic carbocycles. The Balaban J connectivity index is 1.65. The van der Waals surface area contributed by atoms with Gasteiger partial charge in [0.25, 0.3) is 0 Å². The van der Waals surface area contributed by atoms with Crippen LogP contribution in [0.3, 0.4) is 0 Å². The van der Waals surface area contributed by atoms with Crippen molar-refractivity contribution in [3.05, 3.63) is 23.3 Å². The third-order valence-corrected chi connectivity index (χ3v) is 9.82. The number of fused-ring (bicyclic) bond motifs is 5. The Labute approximate surface area is 192 Å². The standard InChI is InChI=1S/C27H42O5/c1-15(2)6-9-24(31)27(5,32)23-8-7-17-16-12-20(28)19-13-21(29)22(30)14-26(19,4)18(16)10-11-25(17,23)3/h12-13,15,17-18,21-24,29-32H,6-11,14H2,1-5H3/t17?,18?,21-,22-,23?,24-,25-,26+,27+/m0/s1. The normalized spacial score (nSPS) is 44.2. The van der Waals surface area contributed by atoms with Crippen molar-refractivity contribution in [3.8, 4) is 0 Å². The average molecular weight is 447 g/mol. The van der Waals surface area contributed by atoms with Gasteiger partial charge in [0.2, 0.25) is 0 Å². The number of aliphatic hydroxyl groups excluding tert-OH is 3. The van der Waals surface area contributed by atoms with Gasteiger partial charge in [-0.15, -0.1) is 0 Å². The van der Waals surface area contributed by atoms with Crippen LogP contribution >= 0.6 is 0 Å². The highest BCUT2D eigenvalue weighted by Crippen LogP contribution is 2.66. The molecular weight excluding hydrogens is 404 g/mol. The lowest BCUT2D eigenvalue weighted by Gasteiger charge is -2.56. The maximum atomic E-state index is 13.1. The Bertz CT molecular complexity index is 826. The molecule has 0 aromatic carbocycles. The van der Waals surface area contributed by atoms with E-state index in [9.17, 15) is 25.2 Å². The van der Waals surface area contributed by atoms with Gasteiger partial charge in [0.05, 0.1) is 23.9 Å². The zero-order chi connectivity index (χ0) is 23.6. The van der Waals surface area contributed by atoms with Crippen LogP contribution in [0.1, 0.15) is 79.6 Å². The van der Waals surface area contributed by atoms with E-state index in [4.69, 9.17) is 0 Å². The van der Waals surface area contributed by atoms with Crippen LogP contribution in [0.5, 0.6) is 0 Å². The van der Waals surface area contributed by atoms with Crippen molar-refractivity contribution in [3.63, 3.8) is 0 Å². The first kappa shape index (κ1) is 24.1. The average Bonchev–Trinajstić information content (AvgIpc) is 3.06. The molecule has 5 heteroatoms. The molecule has 0 aromatic heterocycles. The molecular formula is C27H42O5. The monoisotopic (exact) mass is 446 g/mol. The molecule has 32 heavy (non-hydrogen) atoms. The van der Waals surface area contributed by atoms with Gasteiger partial charge < -0.3 is 20.4 Å². The lowest BCUT2D eigenvalue weighted by atomic mass is 9.49. The number of carbonyl (C=O) groups is 1. The lowest BCUT2D eigenvalue weighted by molar-refractivity contribution is -0.139. The predicted octanol–water partition coefficient (Wildman–Crippen LogP) is 3.54. The van der Waals surface area contributed by atoms with Gasteiger partial charge in [-0.25, -0.2) is 0 Å². The number of aliphatic hydroxyl groups is 4. The smallest absolute Gasteiger partial charge is 0.182 e. The molecule has 4 N–H and O–H groups in total. The molecule has 0 heterocycles. The van der Waals surface area contributed by atoms with Gasteiger partial charge in [-0.1, -0.05) is 33.3 Å². The summed E-state index contributed by atoms with van der Waals surface area (Å²) in [6.07, 6.45) is 6.22. The first-order valence-corrected chi connectivity index (χ1v) is 12.6. The van der Waals surface area contributed by atoms with Crippen molar-refractivity contribution in [2.75, 3.05) is 0 Å². The first-order chi connectivity index (χ1) is 14.8. The predicted molar refractivity (Wildman–Crippen MR) is 124 cm³/mol. The van der Waals surface area contributed by atoms with Gasteiger partial charge >= 0.3 is 0 Å². The molecule has 4 rings (SSSR count). The highest BCUT2D eigenvalue weighted by atomic mass is 16.3. The summed E-state index contributed by atoms with van der Waals surface area (Å²) in [5, 5.41) is 43.0. The van der Waals surface area contributed by atoms with Gasteiger partial charge in [0.15, 0.2) is 5.78 Å². The van der Waals surface area contributed by atoms with E-state index in [1.165, 1.54) is 5.57 Å². The van der Waals surface area contributed by atoms with E-state index in [2.05, 4.69) is 27.7 Å². The lowest BCUT2D eigenvalue weighted by Crippen LogP contribution is -2.55. The summed E-state index contributed by atoms with van der Waals surface area (Å²) in [6.45, 7) is 10.4. The Morgan fingerprint density at radius 2 is 1.81 bits per heavy atom. The van der Waals surface area contributed by atoms with Crippen molar-refractivity contribution in [1.82, 2.24) is 0 Å². The number of rotatable bonds is 5. The maximum absolute atomic E-state index is 13.1. The van der Waals surface area contributed by atoms with Crippen molar-refractivity contribution in [2.24, 2.45) is 34.5 Å². The summed E-state index contributed by atoms with van der Waals surface area (Å²) in [7, 11) is 0. The highest BCUT2D eigenvalue weighted by Gasteiger charge is 2.61. The molecule has 9 atom stereocenters. The Kier molecular flexibility index (Phi) is 6.06. The molecule has 180 valence electrons. The van der Waals surface area contributed by atoms with E-state index in [0.717, 1.165) is 32.1 Å². The molecule has 0 spiro atoms. The number of carbonyl (C=O) groups excluding carboxylic acids is 1. The van der Waals surface area contributed by atoms with Crippen LogP contribution in [0.4, 0.5) is 0 Å². The second-order valence-electron chi connectivity index (χ2n) is 12.3. The fourth-order valence-electron chi connectivity index (χ4n) is 7.92. The van der Waals surface area contributed by atoms with Crippen LogP contribution < -0.4 is 0 Å². The van der Waals surface area contributed by atoms with E-state index in [-0.39, 0.29) is 29.0 Å². The molecule has 2 fully saturated rings. The SMILES string of the molecule is CC(C)CC[C@H](O)[C@](C)(O)C1CCC2C3=CC(=O)C4=C[C@H](O)[C@@H](O)C[C@]4(C)C3CC[C@@]21C. The maximum Gasteiger partial charge on any atom is 0.182 e. The largest absolute Gasteiger partial charge is 0.390 e. The van der Waals surface area contributed by atoms with E-state index < -0.39 is 29.3 Å². The van der Waals surface area contributed by atoms with Crippen LogP contribution in [-0.2, 0) is 4.79 Å². The van der Waals surface area contributed by atoms with E-state index in [0.29, 0.717) is 24.3 Å². The van der Waals surface area contributed by atoms with E-state index in [1.807, 2.05) is 6.92 Å². The molecule has 3 unspecified atom stereocenters. The zero-order valence-electron chi connectivity index (χ0n) is 20.3. The highest BCUT2D eigenvalue weighted by molar-refractivity contribution is 6.07. The molecule has 4 aliphatic rings. The molecule has 5 nitrogen and oxygen atoms in total. The summed E-state index contributed by atoms with van der Waals surface area (Å²) in [5.74, 6) is 0.778. The summed E-state index contributed by atoms with van der Waals surface area (Å²) in [5.41, 5.74) is 0.0264. The van der Waals surface area contributed by atoms with Gasteiger partial charge in [0.1, 0.15) is 0 Å². The van der Waals surface area contributed by atoms with Crippen LogP contribution in [0, 0.1) is 34.5 Å². The molecule has 0 amide bonds. The molecule has 0 aromatic rings. The van der Waals surface area contributed by atoms with Crippen molar-refractivity contribution < 1.29 is 25.2 Å². The van der Waals surface area contributed by atoms with Crippen LogP contribution in [0.2, 0.25) is 0 Å². The molecule has 0 saturated heterocycles. The minimum atomic E-state index is -1.16. The van der Waals surface area contributed by atoms with Crippen LogP contribution in [0.25, 0.3) is 0 Å². The molecule has 0 aliphatic heterocycles. The van der Waals surface area contributed by atoms with E-state index >= 15 is 0 Å². The molecule has 0 radical (unpaired) electrons. The quantitative estimate of drug-likeness (QED) is 0.518. The van der Waals surface area contributed by atoms with Gasteiger partial charge in [-0.05, 0) is 93.1 Å². The number of hydrogen-bond acceptors (Lipinski definition) is 5. The second kappa shape index (κ2) is 8.04. The summed E-state index contributed by atoms with van der Waals surface area (Å²) in [6, 6.07) is 0. The first-order valence-electron chi connectivity index (χ1n) is 12.6. The van der Waals surface area contributed by atoms with Crippen molar-refractivity contribution in [2.45, 2.75) is 103 Å². The summed E-state index contributed by atoms with van der Waals surface area (Å²) in [4.78, 5) is 13.1. The Morgan fingerprint density at radius 1 is 1.12 bits per heavy atom. The van der Waals surface area contributed by atoms with Crippen molar-refractivity contribution >= 4 is 5.78 Å². The summed E-state index contributed by atoms with van der Waals surface area (Å²) < 4.78 is 0. The number of ketones is 1. The number of hydrogen-bond donors (Lipinski definition) is 4. The summed E-state index contributed by atoms with van der Waals surface area (Å²) >= 11 is 0. The van der Waals surface area contributed by atoms with Crippen LogP contribution in [0.15, 0.2) is 23.3 Å². The zero-order valence-corrected chi connectivity index (χ0v) is 20.3. The Morgan fingerprint density at radius 3 is 2.47 bits per heavy atom. The fourth-order valence-corrected chi connectivity index (χ4v) is 7.92. The Hall–Kier alpha value is -1.01. The minimum Gasteiger partial charge on any atom is -0.390 e. The fraction of sp³-hybridized carbons (Fsp3) is 0.815. The van der Waals surface area contributed by atoms with Gasteiger partial charge in [-0.3, -0.25) is 4.79 Å². The minimum absolute atomic E-state index is 0.0253. The third kappa shape index (κ3) is 3.55. The molecule has 2 saturated carbocycles. The van der Waals surface area contributed by atoms with Crippen molar-refractivity contribution in [1.29, 1.82) is 0 Å². The van der Waals surface area contributed by atoms with Crippen LogP contribution in [-0.4, -0.2) is 50.1 Å². The number of allylic oxidation sites excluding steroid dienone is 3. The molecule has 0 bridgehead atoms. The second-order valence-corrected chi connectivity index (χ2v) is 12.3. The van der Waals surface area contributed by atoms with Gasteiger partial charge in [0, 0.05) is 11.0 Å². The van der Waals surface area contributed by atoms with Gasteiger partial charge in [-0.2, -0.15) is 0 Å². The topological polar surface area (TPSA) is 98.0 Å².